The quantitative estimate of drug-likeness (QED) is 0.620. The molecule has 1 unspecified atom stereocenters. The van der Waals surface area contributed by atoms with Crippen molar-refractivity contribution in [1.29, 1.82) is 0 Å². The number of urea groups is 1. The predicted octanol–water partition coefficient (Wildman–Crippen LogP) is 4.20. The molecule has 0 saturated carbocycles. The zero-order chi connectivity index (χ0) is 23.5. The summed E-state index contributed by atoms with van der Waals surface area (Å²) < 4.78 is 27.5. The second-order valence-electron chi connectivity index (χ2n) is 8.32. The van der Waals surface area contributed by atoms with E-state index in [1.54, 1.807) is 24.8 Å². The van der Waals surface area contributed by atoms with Gasteiger partial charge in [-0.15, -0.1) is 0 Å². The molecule has 1 aliphatic rings. The number of carbonyl (C=O) groups excluding carboxylic acids is 2. The van der Waals surface area contributed by atoms with Gasteiger partial charge in [0.25, 0.3) is 5.91 Å². The number of anilines is 1. The number of rotatable bonds is 4. The van der Waals surface area contributed by atoms with Gasteiger partial charge in [-0.2, -0.15) is 0 Å². The minimum absolute atomic E-state index is 0.0378. The average Bonchev–Trinajstić information content (AvgIpc) is 2.78. The average molecular weight is 453 g/mol. The second kappa shape index (κ2) is 9.48. The highest BCUT2D eigenvalue weighted by molar-refractivity contribution is 6.04. The van der Waals surface area contributed by atoms with Crippen LogP contribution in [0.2, 0.25) is 0 Å². The summed E-state index contributed by atoms with van der Waals surface area (Å²) in [6.45, 7) is 4.92. The number of nitrogens with zero attached hydrogens (tertiary/aromatic N) is 3. The number of aryl methyl sites for hydroxylation is 2. The standard InChI is InChI=1S/C24H25F2N5O2/c1-14-15(2)29-22-20(10-18(26)11-21(22)28-14)23(32)31-8-4-5-16(13-31)12-27-24(33)30-19-7-3-6-17(25)9-19/h3,6-7,9-11,16H,4-5,8,12-13H2,1-2H3,(H2,27,30,33). The molecule has 1 saturated heterocycles. The lowest BCUT2D eigenvalue weighted by Crippen LogP contribution is -2.44. The smallest absolute Gasteiger partial charge is 0.319 e. The van der Waals surface area contributed by atoms with Crippen molar-refractivity contribution in [3.05, 3.63) is 65.0 Å². The van der Waals surface area contributed by atoms with E-state index in [2.05, 4.69) is 20.6 Å². The molecule has 3 amide bonds. The lowest BCUT2D eigenvalue weighted by atomic mass is 9.97. The number of fused-ring (bicyclic) bond motifs is 1. The van der Waals surface area contributed by atoms with E-state index >= 15 is 0 Å². The summed E-state index contributed by atoms with van der Waals surface area (Å²) in [7, 11) is 0. The number of amides is 3. The minimum Gasteiger partial charge on any atom is -0.338 e. The first kappa shape index (κ1) is 22.6. The van der Waals surface area contributed by atoms with Gasteiger partial charge in [0, 0.05) is 31.4 Å². The molecule has 7 nitrogen and oxygen atoms in total. The van der Waals surface area contributed by atoms with Crippen LogP contribution in [0.1, 0.15) is 34.6 Å². The molecule has 33 heavy (non-hydrogen) atoms. The molecule has 172 valence electrons. The van der Waals surface area contributed by atoms with E-state index in [1.807, 2.05) is 0 Å². The molecule has 2 aromatic carbocycles. The summed E-state index contributed by atoms with van der Waals surface area (Å²) in [4.78, 5) is 36.0. The van der Waals surface area contributed by atoms with E-state index in [0.29, 0.717) is 47.7 Å². The van der Waals surface area contributed by atoms with Gasteiger partial charge in [0.2, 0.25) is 0 Å². The van der Waals surface area contributed by atoms with Gasteiger partial charge in [-0.25, -0.2) is 23.5 Å². The molecule has 3 aromatic rings. The molecule has 9 heteroatoms. The zero-order valence-corrected chi connectivity index (χ0v) is 18.5. The summed E-state index contributed by atoms with van der Waals surface area (Å²) in [5.41, 5.74) is 2.67. The summed E-state index contributed by atoms with van der Waals surface area (Å²) in [6, 6.07) is 7.69. The Morgan fingerprint density at radius 2 is 1.88 bits per heavy atom. The molecule has 0 bridgehead atoms. The molecular weight excluding hydrogens is 428 g/mol. The Kier molecular flexibility index (Phi) is 6.48. The van der Waals surface area contributed by atoms with Crippen LogP contribution in [0.25, 0.3) is 11.0 Å². The van der Waals surface area contributed by atoms with Gasteiger partial charge in [-0.3, -0.25) is 4.79 Å². The normalized spacial score (nSPS) is 16.0. The van der Waals surface area contributed by atoms with Gasteiger partial charge in [-0.05, 0) is 56.9 Å². The van der Waals surface area contributed by atoms with Crippen molar-refractivity contribution in [1.82, 2.24) is 20.2 Å². The maximum atomic E-state index is 14.2. The van der Waals surface area contributed by atoms with Crippen LogP contribution in [0.4, 0.5) is 19.3 Å². The topological polar surface area (TPSA) is 87.2 Å². The Morgan fingerprint density at radius 3 is 2.67 bits per heavy atom. The van der Waals surface area contributed by atoms with Gasteiger partial charge >= 0.3 is 6.03 Å². The fourth-order valence-electron chi connectivity index (χ4n) is 4.03. The third-order valence-corrected chi connectivity index (χ3v) is 5.82. The Balaban J connectivity index is 1.43. The number of benzene rings is 2. The Morgan fingerprint density at radius 1 is 1.09 bits per heavy atom. The van der Waals surface area contributed by atoms with E-state index in [1.165, 1.54) is 30.3 Å². The molecule has 1 atom stereocenters. The summed E-state index contributed by atoms with van der Waals surface area (Å²) in [6.07, 6.45) is 1.60. The van der Waals surface area contributed by atoms with Gasteiger partial charge in [0.05, 0.1) is 22.5 Å². The van der Waals surface area contributed by atoms with Crippen LogP contribution < -0.4 is 10.6 Å². The van der Waals surface area contributed by atoms with E-state index < -0.39 is 17.7 Å². The van der Waals surface area contributed by atoms with Crippen LogP contribution in [0.5, 0.6) is 0 Å². The number of carbonyl (C=O) groups is 2. The maximum Gasteiger partial charge on any atom is 0.319 e. The molecule has 0 radical (unpaired) electrons. The van der Waals surface area contributed by atoms with Crippen LogP contribution in [0.3, 0.4) is 0 Å². The van der Waals surface area contributed by atoms with Gasteiger partial charge < -0.3 is 15.5 Å². The SMILES string of the molecule is Cc1nc2cc(F)cc(C(=O)N3CCCC(CNC(=O)Nc4cccc(F)c4)C3)c2nc1C. The molecule has 2 heterocycles. The lowest BCUT2D eigenvalue weighted by molar-refractivity contribution is 0.0676. The van der Waals surface area contributed by atoms with E-state index in [-0.39, 0.29) is 17.4 Å². The fourth-order valence-corrected chi connectivity index (χ4v) is 4.03. The van der Waals surface area contributed by atoms with Crippen LogP contribution in [-0.4, -0.2) is 46.4 Å². The second-order valence-corrected chi connectivity index (χ2v) is 8.32. The molecule has 4 rings (SSSR count). The largest absolute Gasteiger partial charge is 0.338 e. The highest BCUT2D eigenvalue weighted by Gasteiger charge is 2.27. The monoisotopic (exact) mass is 453 g/mol. The van der Waals surface area contributed by atoms with Crippen molar-refractivity contribution >= 4 is 28.7 Å². The lowest BCUT2D eigenvalue weighted by Gasteiger charge is -2.33. The van der Waals surface area contributed by atoms with Gasteiger partial charge in [0.15, 0.2) is 0 Å². The molecule has 0 spiro atoms. The maximum absolute atomic E-state index is 14.2. The third-order valence-electron chi connectivity index (χ3n) is 5.82. The van der Waals surface area contributed by atoms with Crippen molar-refractivity contribution in [2.24, 2.45) is 5.92 Å². The molecule has 2 N–H and O–H groups in total. The van der Waals surface area contributed by atoms with Crippen molar-refractivity contribution in [2.75, 3.05) is 25.0 Å². The van der Waals surface area contributed by atoms with Gasteiger partial charge in [0.1, 0.15) is 17.2 Å². The highest BCUT2D eigenvalue weighted by atomic mass is 19.1. The summed E-state index contributed by atoms with van der Waals surface area (Å²) in [5.74, 6) is -1.23. The number of piperidine rings is 1. The number of hydrogen-bond donors (Lipinski definition) is 2. The Hall–Kier alpha value is -3.62. The van der Waals surface area contributed by atoms with E-state index in [4.69, 9.17) is 0 Å². The minimum atomic E-state index is -0.535. The molecular formula is C24H25F2N5O2. The van der Waals surface area contributed by atoms with E-state index in [0.717, 1.165) is 12.8 Å². The first-order chi connectivity index (χ1) is 15.8. The molecule has 1 aromatic heterocycles. The van der Waals surface area contributed by atoms with Crippen molar-refractivity contribution in [2.45, 2.75) is 26.7 Å². The zero-order valence-electron chi connectivity index (χ0n) is 18.5. The highest BCUT2D eigenvalue weighted by Crippen LogP contribution is 2.24. The summed E-state index contributed by atoms with van der Waals surface area (Å²) >= 11 is 0. The first-order valence-electron chi connectivity index (χ1n) is 10.8. The van der Waals surface area contributed by atoms with Crippen molar-refractivity contribution in [3.63, 3.8) is 0 Å². The van der Waals surface area contributed by atoms with Crippen LogP contribution in [-0.2, 0) is 0 Å². The van der Waals surface area contributed by atoms with Crippen LogP contribution in [0, 0.1) is 31.4 Å². The Bertz CT molecular complexity index is 1220. The van der Waals surface area contributed by atoms with Crippen molar-refractivity contribution in [3.8, 4) is 0 Å². The number of hydrogen-bond acceptors (Lipinski definition) is 4. The van der Waals surface area contributed by atoms with Crippen LogP contribution >= 0.6 is 0 Å². The molecule has 0 aliphatic carbocycles. The number of halogens is 2. The Labute approximate surface area is 190 Å². The first-order valence-corrected chi connectivity index (χ1v) is 10.8. The van der Waals surface area contributed by atoms with Crippen LogP contribution in [0.15, 0.2) is 36.4 Å². The fraction of sp³-hybridized carbons (Fsp3) is 0.333. The predicted molar refractivity (Wildman–Crippen MR) is 121 cm³/mol. The van der Waals surface area contributed by atoms with Gasteiger partial charge in [-0.1, -0.05) is 6.07 Å². The number of aromatic nitrogens is 2. The van der Waals surface area contributed by atoms with E-state index in [9.17, 15) is 18.4 Å². The number of likely N-dealkylation sites (tertiary alicyclic amines) is 1. The van der Waals surface area contributed by atoms with Crippen molar-refractivity contribution < 1.29 is 18.4 Å². The number of nitrogens with one attached hydrogen (secondary N) is 2. The summed E-state index contributed by atoms with van der Waals surface area (Å²) in [5, 5.41) is 5.37. The molecule has 1 aliphatic heterocycles. The molecule has 1 fully saturated rings. The third kappa shape index (κ3) is 5.24.